The van der Waals surface area contributed by atoms with E-state index in [4.69, 9.17) is 0 Å². The minimum Gasteiger partial charge on any atom is -0.374 e. The molecule has 5 heteroatoms. The smallest absolute Gasteiger partial charge is 0.263 e. The van der Waals surface area contributed by atoms with Crippen molar-refractivity contribution in [1.29, 1.82) is 5.26 Å². The van der Waals surface area contributed by atoms with E-state index in [-0.39, 0.29) is 11.5 Å². The minimum atomic E-state index is -0.301. The Morgan fingerprint density at radius 1 is 0.964 bits per heavy atom. The van der Waals surface area contributed by atoms with E-state index in [1.807, 2.05) is 42.5 Å². The van der Waals surface area contributed by atoms with Crippen molar-refractivity contribution < 1.29 is 4.79 Å². The van der Waals surface area contributed by atoms with Crippen LogP contribution in [0, 0.1) is 11.3 Å². The van der Waals surface area contributed by atoms with Crippen molar-refractivity contribution in [2.24, 2.45) is 0 Å². The molecule has 0 aliphatic carbocycles. The third kappa shape index (κ3) is 5.97. The van der Waals surface area contributed by atoms with Gasteiger partial charge in [-0.2, -0.15) is 5.26 Å². The minimum absolute atomic E-state index is 0.171. The molecule has 3 rings (SSSR count). The number of hydrogen-bond acceptors (Lipinski definition) is 4. The van der Waals surface area contributed by atoms with E-state index in [2.05, 4.69) is 39.4 Å². The number of benzene rings is 2. The van der Waals surface area contributed by atoms with Crippen LogP contribution in [0.25, 0.3) is 0 Å². The fourth-order valence-electron chi connectivity index (χ4n) is 3.27. The van der Waals surface area contributed by atoms with E-state index in [9.17, 15) is 10.1 Å². The molecule has 5 nitrogen and oxygen atoms in total. The van der Waals surface area contributed by atoms with Gasteiger partial charge in [-0.25, -0.2) is 0 Å². The quantitative estimate of drug-likeness (QED) is 0.598. The second kappa shape index (κ2) is 10.3. The van der Waals surface area contributed by atoms with E-state index in [0.29, 0.717) is 6.54 Å². The molecule has 0 atom stereocenters. The lowest BCUT2D eigenvalue weighted by atomic mass is 10.1. The Hall–Kier alpha value is -3.10. The van der Waals surface area contributed by atoms with Crippen LogP contribution < -0.4 is 5.32 Å². The van der Waals surface area contributed by atoms with Gasteiger partial charge >= 0.3 is 0 Å². The summed E-state index contributed by atoms with van der Waals surface area (Å²) in [6.45, 7) is 4.92. The summed E-state index contributed by atoms with van der Waals surface area (Å²) in [5, 5.41) is 12.2. The number of nitrogens with zero attached hydrogens (tertiary/aromatic N) is 3. The lowest BCUT2D eigenvalue weighted by Gasteiger charge is -2.34. The topological polar surface area (TPSA) is 59.4 Å². The van der Waals surface area contributed by atoms with Crippen molar-refractivity contribution in [3.05, 3.63) is 83.6 Å². The molecule has 0 saturated carbocycles. The monoisotopic (exact) mass is 374 g/mol. The number of piperazine rings is 1. The first kappa shape index (κ1) is 19.7. The number of nitrogens with one attached hydrogen (secondary N) is 1. The third-order valence-electron chi connectivity index (χ3n) is 4.87. The molecule has 28 heavy (non-hydrogen) atoms. The number of carbonyl (C=O) groups excluding carboxylic acids is 1. The van der Waals surface area contributed by atoms with Gasteiger partial charge in [0.05, 0.1) is 0 Å². The highest BCUT2D eigenvalue weighted by atomic mass is 16.1. The molecule has 0 spiro atoms. The largest absolute Gasteiger partial charge is 0.374 e. The highest BCUT2D eigenvalue weighted by molar-refractivity contribution is 5.97. The Kier molecular flexibility index (Phi) is 7.22. The Labute approximate surface area is 166 Å². The van der Waals surface area contributed by atoms with Crippen LogP contribution in [0.1, 0.15) is 11.1 Å². The molecular formula is C23H26N4O. The van der Waals surface area contributed by atoms with E-state index in [0.717, 1.165) is 39.1 Å². The van der Waals surface area contributed by atoms with Gasteiger partial charge < -0.3 is 10.2 Å². The van der Waals surface area contributed by atoms with Crippen molar-refractivity contribution in [3.8, 4) is 6.07 Å². The average Bonchev–Trinajstić information content (AvgIpc) is 2.74. The van der Waals surface area contributed by atoms with E-state index < -0.39 is 0 Å². The van der Waals surface area contributed by atoms with Crippen LogP contribution in [-0.4, -0.2) is 48.4 Å². The molecule has 0 radical (unpaired) electrons. The van der Waals surface area contributed by atoms with Crippen molar-refractivity contribution in [2.75, 3.05) is 32.7 Å². The van der Waals surface area contributed by atoms with Crippen molar-refractivity contribution >= 4 is 5.91 Å². The highest BCUT2D eigenvalue weighted by Crippen LogP contribution is 2.10. The molecule has 1 aliphatic heterocycles. The summed E-state index contributed by atoms with van der Waals surface area (Å²) in [7, 11) is 0. The molecule has 1 aliphatic rings. The molecule has 0 aromatic heterocycles. The lowest BCUT2D eigenvalue weighted by molar-refractivity contribution is -0.117. The zero-order valence-corrected chi connectivity index (χ0v) is 16.1. The van der Waals surface area contributed by atoms with Crippen LogP contribution in [0.4, 0.5) is 0 Å². The zero-order valence-electron chi connectivity index (χ0n) is 16.1. The number of nitriles is 1. The van der Waals surface area contributed by atoms with Gasteiger partial charge in [0.2, 0.25) is 0 Å². The predicted octanol–water partition coefficient (Wildman–Crippen LogP) is 2.57. The van der Waals surface area contributed by atoms with Gasteiger partial charge in [0, 0.05) is 45.5 Å². The molecule has 1 heterocycles. The van der Waals surface area contributed by atoms with E-state index in [1.54, 1.807) is 6.20 Å². The molecular weight excluding hydrogens is 348 g/mol. The van der Waals surface area contributed by atoms with Gasteiger partial charge in [-0.05, 0) is 17.5 Å². The highest BCUT2D eigenvalue weighted by Gasteiger charge is 2.17. The Morgan fingerprint density at radius 3 is 2.18 bits per heavy atom. The van der Waals surface area contributed by atoms with Crippen LogP contribution in [0.2, 0.25) is 0 Å². The van der Waals surface area contributed by atoms with Crippen molar-refractivity contribution in [1.82, 2.24) is 15.1 Å². The maximum absolute atomic E-state index is 12.3. The number of hydrogen-bond donors (Lipinski definition) is 1. The summed E-state index contributed by atoms with van der Waals surface area (Å²) in [4.78, 5) is 16.8. The molecule has 144 valence electrons. The SMILES string of the molecule is N#C/C(=C\N1CCN(Cc2ccccc2)CC1)C(=O)NCCc1ccccc1. The first-order valence-corrected chi connectivity index (χ1v) is 9.69. The summed E-state index contributed by atoms with van der Waals surface area (Å²) in [5.74, 6) is -0.301. The van der Waals surface area contributed by atoms with Gasteiger partial charge in [0.15, 0.2) is 0 Å². The van der Waals surface area contributed by atoms with Gasteiger partial charge in [0.25, 0.3) is 5.91 Å². The van der Waals surface area contributed by atoms with Crippen molar-refractivity contribution in [3.63, 3.8) is 0 Å². The van der Waals surface area contributed by atoms with Crippen LogP contribution in [0.5, 0.6) is 0 Å². The molecule has 1 N–H and O–H groups in total. The van der Waals surface area contributed by atoms with E-state index >= 15 is 0 Å². The first-order valence-electron chi connectivity index (χ1n) is 9.69. The summed E-state index contributed by atoms with van der Waals surface area (Å²) in [6.07, 6.45) is 2.46. The maximum atomic E-state index is 12.3. The van der Waals surface area contributed by atoms with Gasteiger partial charge in [-0.1, -0.05) is 60.7 Å². The number of rotatable bonds is 7. The number of amides is 1. The second-order valence-corrected chi connectivity index (χ2v) is 6.94. The number of carbonyl (C=O) groups is 1. The summed E-state index contributed by atoms with van der Waals surface area (Å²) in [6, 6.07) is 22.5. The van der Waals surface area contributed by atoms with Gasteiger partial charge in [0.1, 0.15) is 11.6 Å². The maximum Gasteiger partial charge on any atom is 0.263 e. The molecule has 0 bridgehead atoms. The van der Waals surface area contributed by atoms with Gasteiger partial charge in [-0.3, -0.25) is 9.69 Å². The average molecular weight is 374 g/mol. The Bertz CT molecular complexity index is 819. The fourth-order valence-corrected chi connectivity index (χ4v) is 3.27. The summed E-state index contributed by atoms with van der Waals surface area (Å²) < 4.78 is 0. The predicted molar refractivity (Wildman–Crippen MR) is 110 cm³/mol. The molecule has 1 amide bonds. The van der Waals surface area contributed by atoms with Crippen LogP contribution in [0.15, 0.2) is 72.4 Å². The molecule has 0 unspecified atom stereocenters. The molecule has 1 saturated heterocycles. The van der Waals surface area contributed by atoms with Gasteiger partial charge in [-0.15, -0.1) is 0 Å². The molecule has 1 fully saturated rings. The van der Waals surface area contributed by atoms with E-state index in [1.165, 1.54) is 11.1 Å². The molecule has 2 aromatic rings. The Morgan fingerprint density at radius 2 is 1.57 bits per heavy atom. The zero-order chi connectivity index (χ0) is 19.6. The molecule has 2 aromatic carbocycles. The fraction of sp³-hybridized carbons (Fsp3) is 0.304. The Balaban J connectivity index is 1.45. The normalized spacial score (nSPS) is 15.1. The summed E-state index contributed by atoms with van der Waals surface area (Å²) in [5.41, 5.74) is 2.64. The second-order valence-electron chi connectivity index (χ2n) is 6.94. The van der Waals surface area contributed by atoms with Crippen LogP contribution in [-0.2, 0) is 17.8 Å². The lowest BCUT2D eigenvalue weighted by Crippen LogP contribution is -2.44. The van der Waals surface area contributed by atoms with Crippen molar-refractivity contribution in [2.45, 2.75) is 13.0 Å². The van der Waals surface area contributed by atoms with Crippen LogP contribution in [0.3, 0.4) is 0 Å². The summed E-state index contributed by atoms with van der Waals surface area (Å²) >= 11 is 0. The third-order valence-corrected chi connectivity index (χ3v) is 4.87. The van der Waals surface area contributed by atoms with Crippen LogP contribution >= 0.6 is 0 Å². The first-order chi connectivity index (χ1) is 13.7. The standard InChI is InChI=1S/C23H26N4O/c24-17-22(23(28)25-12-11-20-7-3-1-4-8-20)19-27-15-13-26(14-16-27)18-21-9-5-2-6-10-21/h1-10,19H,11-16,18H2,(H,25,28)/b22-19+.